The molecule has 1 atom stereocenters. The van der Waals surface area contributed by atoms with Gasteiger partial charge in [-0.3, -0.25) is 24.6 Å². The van der Waals surface area contributed by atoms with E-state index in [0.29, 0.717) is 24.4 Å². The third-order valence-electron chi connectivity index (χ3n) is 6.85. The number of thiophene rings is 1. The Hall–Kier alpha value is -2.51. The van der Waals surface area contributed by atoms with E-state index in [1.165, 1.54) is 24.0 Å². The van der Waals surface area contributed by atoms with Crippen molar-refractivity contribution in [2.75, 3.05) is 13.1 Å². The molecule has 1 unspecified atom stereocenters. The van der Waals surface area contributed by atoms with Gasteiger partial charge in [0.05, 0.1) is 0 Å². The van der Waals surface area contributed by atoms with Crippen LogP contribution in [0.1, 0.15) is 63.5 Å². The van der Waals surface area contributed by atoms with Crippen LogP contribution in [0.3, 0.4) is 0 Å². The molecule has 0 radical (unpaired) electrons. The standard InChI is InChI=1S/C24H27N3O3S/c1-15-8-11-31-22(15)17-6-9-26(10-7-17)13-16-2-3-19-18(12-16)14-27(24(19)30)20-4-5-21(28)25-23(20)29/h2-3,8,11-12,17,20H,4-7,9-10,13-14H2,1H3,(H,25,28,29). The molecule has 7 heteroatoms. The molecular weight excluding hydrogens is 410 g/mol. The minimum absolute atomic E-state index is 0.108. The van der Waals surface area contributed by atoms with Gasteiger partial charge in [0, 0.05) is 30.0 Å². The van der Waals surface area contributed by atoms with Crippen molar-refractivity contribution in [3.05, 3.63) is 56.8 Å². The van der Waals surface area contributed by atoms with Gasteiger partial charge < -0.3 is 4.90 Å². The first-order valence-electron chi connectivity index (χ1n) is 11.0. The number of aryl methyl sites for hydroxylation is 1. The maximum absolute atomic E-state index is 12.9. The fourth-order valence-corrected chi connectivity index (χ4v) is 6.24. The van der Waals surface area contributed by atoms with E-state index in [0.717, 1.165) is 25.2 Å². The number of piperidine rings is 2. The molecule has 0 aliphatic carbocycles. The number of hydrogen-bond acceptors (Lipinski definition) is 5. The SMILES string of the molecule is Cc1ccsc1C1CCN(Cc2ccc3c(c2)CN(C2CCC(=O)NC2=O)C3=O)CC1. The third-order valence-corrected chi connectivity index (χ3v) is 8.04. The third kappa shape index (κ3) is 3.92. The summed E-state index contributed by atoms with van der Waals surface area (Å²) >= 11 is 1.88. The number of imide groups is 1. The van der Waals surface area contributed by atoms with E-state index in [-0.39, 0.29) is 24.1 Å². The van der Waals surface area contributed by atoms with Crippen LogP contribution in [-0.2, 0) is 22.7 Å². The zero-order valence-corrected chi connectivity index (χ0v) is 18.5. The zero-order chi connectivity index (χ0) is 21.5. The molecule has 31 heavy (non-hydrogen) atoms. The van der Waals surface area contributed by atoms with Crippen LogP contribution in [0.15, 0.2) is 29.6 Å². The molecule has 1 N–H and O–H groups in total. The molecule has 0 bridgehead atoms. The summed E-state index contributed by atoms with van der Waals surface area (Å²) in [5, 5.41) is 4.55. The van der Waals surface area contributed by atoms with Gasteiger partial charge in [-0.05, 0) is 79.4 Å². The fourth-order valence-electron chi connectivity index (χ4n) is 5.14. The van der Waals surface area contributed by atoms with Crippen molar-refractivity contribution in [1.29, 1.82) is 0 Å². The van der Waals surface area contributed by atoms with E-state index in [1.54, 1.807) is 9.78 Å². The summed E-state index contributed by atoms with van der Waals surface area (Å²) in [6.07, 6.45) is 3.06. The van der Waals surface area contributed by atoms with Crippen molar-refractivity contribution in [3.63, 3.8) is 0 Å². The predicted octanol–water partition coefficient (Wildman–Crippen LogP) is 3.20. The maximum Gasteiger partial charge on any atom is 0.255 e. The smallest absolute Gasteiger partial charge is 0.255 e. The fraction of sp³-hybridized carbons (Fsp3) is 0.458. The monoisotopic (exact) mass is 437 g/mol. The van der Waals surface area contributed by atoms with Crippen molar-refractivity contribution in [3.8, 4) is 0 Å². The highest BCUT2D eigenvalue weighted by Gasteiger charge is 2.39. The number of nitrogens with zero attached hydrogens (tertiary/aromatic N) is 2. The second kappa shape index (κ2) is 8.20. The number of nitrogens with one attached hydrogen (secondary N) is 1. The molecule has 3 aliphatic rings. The predicted molar refractivity (Wildman–Crippen MR) is 119 cm³/mol. The maximum atomic E-state index is 12.9. The van der Waals surface area contributed by atoms with Gasteiger partial charge in [-0.15, -0.1) is 11.3 Å². The first-order chi connectivity index (χ1) is 15.0. The van der Waals surface area contributed by atoms with E-state index in [9.17, 15) is 14.4 Å². The van der Waals surface area contributed by atoms with Gasteiger partial charge in [0.25, 0.3) is 5.91 Å². The molecule has 4 heterocycles. The van der Waals surface area contributed by atoms with E-state index in [1.807, 2.05) is 23.5 Å². The van der Waals surface area contributed by atoms with E-state index in [4.69, 9.17) is 0 Å². The summed E-state index contributed by atoms with van der Waals surface area (Å²) in [4.78, 5) is 42.2. The van der Waals surface area contributed by atoms with Crippen LogP contribution in [0.25, 0.3) is 0 Å². The van der Waals surface area contributed by atoms with Crippen LogP contribution in [-0.4, -0.2) is 46.7 Å². The van der Waals surface area contributed by atoms with E-state index >= 15 is 0 Å². The number of amides is 3. The van der Waals surface area contributed by atoms with Gasteiger partial charge >= 0.3 is 0 Å². The quantitative estimate of drug-likeness (QED) is 0.746. The number of likely N-dealkylation sites (tertiary alicyclic amines) is 1. The van der Waals surface area contributed by atoms with Gasteiger partial charge in [0.2, 0.25) is 11.8 Å². The summed E-state index contributed by atoms with van der Waals surface area (Å²) in [7, 11) is 0. The van der Waals surface area contributed by atoms with Crippen molar-refractivity contribution >= 4 is 29.1 Å². The number of carbonyl (C=O) groups excluding carboxylic acids is 3. The second-order valence-electron chi connectivity index (χ2n) is 8.91. The van der Waals surface area contributed by atoms with Gasteiger partial charge in [0.15, 0.2) is 0 Å². The summed E-state index contributed by atoms with van der Waals surface area (Å²) < 4.78 is 0. The highest BCUT2D eigenvalue weighted by molar-refractivity contribution is 7.10. The average Bonchev–Trinajstić information content (AvgIpc) is 3.32. The summed E-state index contributed by atoms with van der Waals surface area (Å²) in [5.74, 6) is -0.0497. The van der Waals surface area contributed by atoms with E-state index in [2.05, 4.69) is 34.7 Å². The van der Waals surface area contributed by atoms with Crippen molar-refractivity contribution in [2.24, 2.45) is 0 Å². The number of fused-ring (bicyclic) bond motifs is 1. The number of carbonyl (C=O) groups is 3. The van der Waals surface area contributed by atoms with Gasteiger partial charge in [-0.25, -0.2) is 0 Å². The minimum atomic E-state index is -0.555. The molecule has 2 aromatic rings. The lowest BCUT2D eigenvalue weighted by molar-refractivity contribution is -0.136. The molecule has 3 aliphatic heterocycles. The lowest BCUT2D eigenvalue weighted by atomic mass is 9.93. The minimum Gasteiger partial charge on any atom is -0.322 e. The Labute approximate surface area is 186 Å². The van der Waals surface area contributed by atoms with Crippen LogP contribution < -0.4 is 5.32 Å². The lowest BCUT2D eigenvalue weighted by Gasteiger charge is -2.32. The molecule has 1 aromatic heterocycles. The van der Waals surface area contributed by atoms with E-state index < -0.39 is 6.04 Å². The Kier molecular flexibility index (Phi) is 5.40. The largest absolute Gasteiger partial charge is 0.322 e. The molecule has 2 fully saturated rings. The number of rotatable bonds is 4. The Morgan fingerprint density at radius 2 is 1.90 bits per heavy atom. The molecule has 0 saturated carbocycles. The molecular formula is C24H27N3O3S. The van der Waals surface area contributed by atoms with Crippen LogP contribution in [0.2, 0.25) is 0 Å². The Morgan fingerprint density at radius 1 is 1.10 bits per heavy atom. The summed E-state index contributed by atoms with van der Waals surface area (Å²) in [5.41, 5.74) is 4.30. The Morgan fingerprint density at radius 3 is 2.61 bits per heavy atom. The number of benzene rings is 1. The van der Waals surface area contributed by atoms with Crippen LogP contribution >= 0.6 is 11.3 Å². The molecule has 0 spiro atoms. The molecule has 2 saturated heterocycles. The second-order valence-corrected chi connectivity index (χ2v) is 9.86. The molecule has 3 amide bonds. The van der Waals surface area contributed by atoms with Gasteiger partial charge in [0.1, 0.15) is 6.04 Å². The first kappa shape index (κ1) is 20.4. The zero-order valence-electron chi connectivity index (χ0n) is 17.7. The lowest BCUT2D eigenvalue weighted by Crippen LogP contribution is -2.52. The summed E-state index contributed by atoms with van der Waals surface area (Å²) in [6.45, 7) is 5.70. The Balaban J connectivity index is 1.22. The van der Waals surface area contributed by atoms with Crippen LogP contribution in [0.5, 0.6) is 0 Å². The highest BCUT2D eigenvalue weighted by Crippen LogP contribution is 2.34. The highest BCUT2D eigenvalue weighted by atomic mass is 32.1. The van der Waals surface area contributed by atoms with Crippen LogP contribution in [0, 0.1) is 6.92 Å². The molecule has 5 rings (SSSR count). The molecule has 1 aromatic carbocycles. The van der Waals surface area contributed by atoms with Gasteiger partial charge in [-0.2, -0.15) is 0 Å². The topological polar surface area (TPSA) is 69.7 Å². The average molecular weight is 438 g/mol. The van der Waals surface area contributed by atoms with Crippen LogP contribution in [0.4, 0.5) is 0 Å². The summed E-state index contributed by atoms with van der Waals surface area (Å²) in [6, 6.07) is 7.73. The number of hydrogen-bond donors (Lipinski definition) is 1. The van der Waals surface area contributed by atoms with Gasteiger partial charge in [-0.1, -0.05) is 12.1 Å². The molecule has 6 nitrogen and oxygen atoms in total. The van der Waals surface area contributed by atoms with Crippen molar-refractivity contribution in [2.45, 2.75) is 57.7 Å². The Bertz CT molecular complexity index is 1040. The first-order valence-corrected chi connectivity index (χ1v) is 11.9. The van der Waals surface area contributed by atoms with Crippen molar-refractivity contribution < 1.29 is 14.4 Å². The van der Waals surface area contributed by atoms with Crippen molar-refractivity contribution in [1.82, 2.24) is 15.1 Å². The molecule has 162 valence electrons. The normalized spacial score (nSPS) is 22.7.